The van der Waals surface area contributed by atoms with Gasteiger partial charge < -0.3 is 18.9 Å². The lowest BCUT2D eigenvalue weighted by Crippen LogP contribution is -2.45. The first-order valence-electron chi connectivity index (χ1n) is 7.91. The molecule has 2 saturated heterocycles. The van der Waals surface area contributed by atoms with E-state index in [0.717, 1.165) is 6.42 Å². The molecule has 2 fully saturated rings. The summed E-state index contributed by atoms with van der Waals surface area (Å²) in [5.41, 5.74) is -0.644. The maximum Gasteiger partial charge on any atom is 0.344 e. The molecule has 0 aromatic heterocycles. The fourth-order valence-corrected chi connectivity index (χ4v) is 2.92. The quantitative estimate of drug-likeness (QED) is 0.394. The molecule has 0 radical (unpaired) electrons. The van der Waals surface area contributed by atoms with Crippen LogP contribution in [0.25, 0.3) is 0 Å². The molecule has 7 nitrogen and oxygen atoms in total. The van der Waals surface area contributed by atoms with Crippen LogP contribution in [0.1, 0.15) is 40.5 Å². The summed E-state index contributed by atoms with van der Waals surface area (Å²) in [6.07, 6.45) is -0.450. The number of fused-ring (bicyclic) bond motifs is 2. The minimum atomic E-state index is -0.668. The van der Waals surface area contributed by atoms with Gasteiger partial charge >= 0.3 is 11.9 Å². The third kappa shape index (κ3) is 3.65. The zero-order chi connectivity index (χ0) is 17.2. The van der Waals surface area contributed by atoms with Crippen LogP contribution in [-0.4, -0.2) is 49.4 Å². The molecule has 5 atom stereocenters. The third-order valence-corrected chi connectivity index (χ3v) is 4.75. The van der Waals surface area contributed by atoms with Crippen LogP contribution in [0.4, 0.5) is 0 Å². The second kappa shape index (κ2) is 6.86. The van der Waals surface area contributed by atoms with Crippen LogP contribution in [-0.2, 0) is 33.3 Å². The van der Waals surface area contributed by atoms with Gasteiger partial charge in [0.1, 0.15) is 6.10 Å². The van der Waals surface area contributed by atoms with Gasteiger partial charge in [0.05, 0.1) is 11.5 Å². The standard InChI is InChI=1S/C16H24O7/c1-5-16(3,4)15(19)20-7-11(18)23-13-10-6-9(2)12(22-10)14(13)21-8-17/h8-10,12-14H,5-7H2,1-4H3. The normalized spacial score (nSPS) is 32.4. The molecule has 0 aromatic rings. The van der Waals surface area contributed by atoms with Gasteiger partial charge in [-0.05, 0) is 32.6 Å². The predicted octanol–water partition coefficient (Wildman–Crippen LogP) is 1.23. The Labute approximate surface area is 135 Å². The summed E-state index contributed by atoms with van der Waals surface area (Å²) >= 11 is 0. The second-order valence-electron chi connectivity index (χ2n) is 6.82. The molecule has 0 spiro atoms. The Morgan fingerprint density at radius 1 is 1.30 bits per heavy atom. The van der Waals surface area contributed by atoms with Crippen LogP contribution in [0.3, 0.4) is 0 Å². The average molecular weight is 328 g/mol. The Bertz CT molecular complexity index is 473. The Morgan fingerprint density at radius 3 is 2.61 bits per heavy atom. The van der Waals surface area contributed by atoms with Crippen LogP contribution < -0.4 is 0 Å². The number of hydrogen-bond acceptors (Lipinski definition) is 7. The molecule has 7 heteroatoms. The first-order chi connectivity index (χ1) is 10.8. The van der Waals surface area contributed by atoms with Gasteiger partial charge in [0, 0.05) is 0 Å². The van der Waals surface area contributed by atoms with Gasteiger partial charge in [-0.3, -0.25) is 9.59 Å². The van der Waals surface area contributed by atoms with Crippen molar-refractivity contribution in [2.45, 2.75) is 65.0 Å². The maximum atomic E-state index is 11.9. The molecule has 2 heterocycles. The SMILES string of the molecule is CCC(C)(C)C(=O)OCC(=O)OC1C2CC(C)C(O2)C1OC=O. The van der Waals surface area contributed by atoms with E-state index in [0.29, 0.717) is 12.9 Å². The molecule has 2 aliphatic heterocycles. The summed E-state index contributed by atoms with van der Waals surface area (Å²) in [5, 5.41) is 0. The second-order valence-corrected chi connectivity index (χ2v) is 6.82. The van der Waals surface area contributed by atoms with Gasteiger partial charge in [0.2, 0.25) is 0 Å². The van der Waals surface area contributed by atoms with Gasteiger partial charge in [-0.25, -0.2) is 4.79 Å². The van der Waals surface area contributed by atoms with E-state index >= 15 is 0 Å². The minimum Gasteiger partial charge on any atom is -0.458 e. The molecule has 2 rings (SSSR count). The first-order valence-corrected chi connectivity index (χ1v) is 7.91. The smallest absolute Gasteiger partial charge is 0.344 e. The highest BCUT2D eigenvalue weighted by Gasteiger charge is 2.56. The van der Waals surface area contributed by atoms with Crippen molar-refractivity contribution in [3.8, 4) is 0 Å². The van der Waals surface area contributed by atoms with Crippen LogP contribution in [0.5, 0.6) is 0 Å². The van der Waals surface area contributed by atoms with Crippen molar-refractivity contribution in [3.05, 3.63) is 0 Å². The van der Waals surface area contributed by atoms with E-state index in [4.69, 9.17) is 18.9 Å². The summed E-state index contributed by atoms with van der Waals surface area (Å²) in [5.74, 6) is -0.878. The van der Waals surface area contributed by atoms with Crippen molar-refractivity contribution >= 4 is 18.4 Å². The third-order valence-electron chi connectivity index (χ3n) is 4.75. The molecule has 0 amide bonds. The summed E-state index contributed by atoms with van der Waals surface area (Å²) in [4.78, 5) is 34.4. The van der Waals surface area contributed by atoms with E-state index in [1.165, 1.54) is 0 Å². The van der Waals surface area contributed by atoms with Crippen LogP contribution in [0.15, 0.2) is 0 Å². The summed E-state index contributed by atoms with van der Waals surface area (Å²) in [7, 11) is 0. The maximum absolute atomic E-state index is 11.9. The zero-order valence-electron chi connectivity index (χ0n) is 13.9. The number of carbonyl (C=O) groups excluding carboxylic acids is 3. The molecule has 2 aliphatic rings. The van der Waals surface area contributed by atoms with Crippen molar-refractivity contribution in [2.24, 2.45) is 11.3 Å². The van der Waals surface area contributed by atoms with Crippen LogP contribution in [0, 0.1) is 11.3 Å². The largest absolute Gasteiger partial charge is 0.458 e. The lowest BCUT2D eigenvalue weighted by atomic mass is 9.86. The van der Waals surface area contributed by atoms with E-state index < -0.39 is 36.2 Å². The zero-order valence-corrected chi connectivity index (χ0v) is 13.9. The van der Waals surface area contributed by atoms with Gasteiger partial charge in [0.15, 0.2) is 18.8 Å². The molecule has 2 bridgehead atoms. The van der Waals surface area contributed by atoms with Crippen molar-refractivity contribution in [3.63, 3.8) is 0 Å². The molecular weight excluding hydrogens is 304 g/mol. The fourth-order valence-electron chi connectivity index (χ4n) is 2.92. The van der Waals surface area contributed by atoms with Gasteiger partial charge in [0.25, 0.3) is 6.47 Å². The Kier molecular flexibility index (Phi) is 5.29. The number of carbonyl (C=O) groups is 3. The topological polar surface area (TPSA) is 88.1 Å². The predicted molar refractivity (Wildman–Crippen MR) is 78.3 cm³/mol. The number of ether oxygens (including phenoxy) is 4. The Morgan fingerprint density at radius 2 is 2.00 bits per heavy atom. The van der Waals surface area contributed by atoms with Crippen LogP contribution in [0.2, 0.25) is 0 Å². The van der Waals surface area contributed by atoms with E-state index in [1.807, 2.05) is 13.8 Å². The van der Waals surface area contributed by atoms with Gasteiger partial charge in [-0.1, -0.05) is 13.8 Å². The van der Waals surface area contributed by atoms with Crippen LogP contribution >= 0.6 is 0 Å². The molecule has 23 heavy (non-hydrogen) atoms. The summed E-state index contributed by atoms with van der Waals surface area (Å²) in [6.45, 7) is 7.25. The highest BCUT2D eigenvalue weighted by Crippen LogP contribution is 2.41. The summed E-state index contributed by atoms with van der Waals surface area (Å²) < 4.78 is 21.1. The van der Waals surface area contributed by atoms with E-state index in [-0.39, 0.29) is 18.1 Å². The van der Waals surface area contributed by atoms with Crippen molar-refractivity contribution in [1.29, 1.82) is 0 Å². The molecule has 130 valence electrons. The fraction of sp³-hybridized carbons (Fsp3) is 0.812. The molecule has 0 aromatic carbocycles. The van der Waals surface area contributed by atoms with E-state index in [2.05, 4.69) is 0 Å². The minimum absolute atomic E-state index is 0.239. The lowest BCUT2D eigenvalue weighted by Gasteiger charge is -2.29. The Hall–Kier alpha value is -1.63. The number of esters is 2. The molecular formula is C16H24O7. The Balaban J connectivity index is 1.87. The van der Waals surface area contributed by atoms with Gasteiger partial charge in [-0.2, -0.15) is 0 Å². The molecule has 5 unspecified atom stereocenters. The monoisotopic (exact) mass is 328 g/mol. The first kappa shape index (κ1) is 17.7. The van der Waals surface area contributed by atoms with Crippen molar-refractivity contribution in [2.75, 3.05) is 6.61 Å². The van der Waals surface area contributed by atoms with E-state index in [9.17, 15) is 14.4 Å². The average Bonchev–Trinajstić information content (AvgIpc) is 3.03. The number of rotatable bonds is 7. The number of hydrogen-bond donors (Lipinski definition) is 0. The molecule has 0 aliphatic carbocycles. The molecule has 0 saturated carbocycles. The highest BCUT2D eigenvalue weighted by atomic mass is 16.6. The van der Waals surface area contributed by atoms with Crippen molar-refractivity contribution < 1.29 is 33.3 Å². The van der Waals surface area contributed by atoms with Crippen molar-refractivity contribution in [1.82, 2.24) is 0 Å². The lowest BCUT2D eigenvalue weighted by molar-refractivity contribution is -0.173. The highest BCUT2D eigenvalue weighted by molar-refractivity contribution is 5.79. The summed E-state index contributed by atoms with van der Waals surface area (Å²) in [6, 6.07) is 0. The molecule has 0 N–H and O–H groups in total. The van der Waals surface area contributed by atoms with Gasteiger partial charge in [-0.15, -0.1) is 0 Å². The van der Waals surface area contributed by atoms with E-state index in [1.54, 1.807) is 13.8 Å².